The molecular weight excluding hydrogens is 236 g/mol. The van der Waals surface area contributed by atoms with Crippen LogP contribution in [0.25, 0.3) is 0 Å². The first-order valence-corrected chi connectivity index (χ1v) is 5.85. The average molecular weight is 249 g/mol. The maximum absolute atomic E-state index is 12.3. The van der Waals surface area contributed by atoms with Crippen molar-refractivity contribution in [3.8, 4) is 0 Å². The number of aromatic nitrogens is 2. The summed E-state index contributed by atoms with van der Waals surface area (Å²) < 4.78 is 1.70. The van der Waals surface area contributed by atoms with Gasteiger partial charge in [-0.25, -0.2) is 0 Å². The molecule has 0 atom stereocenters. The summed E-state index contributed by atoms with van der Waals surface area (Å²) in [5, 5.41) is 4.73. The number of carbonyl (C=O) groups is 1. The van der Waals surface area contributed by atoms with Crippen molar-refractivity contribution in [2.45, 2.75) is 20.4 Å². The molecule has 0 fully saturated rings. The number of hydrogen-bond donors (Lipinski definition) is 0. The summed E-state index contributed by atoms with van der Waals surface area (Å²) in [6, 6.07) is 8.84. The molecule has 1 heterocycles. The molecule has 0 radical (unpaired) electrons. The van der Waals surface area contributed by atoms with Gasteiger partial charge in [0.05, 0.1) is 10.7 Å². The largest absolute Gasteiger partial charge is 0.287 e. The molecule has 0 saturated carbocycles. The Morgan fingerprint density at radius 2 is 2.12 bits per heavy atom. The minimum absolute atomic E-state index is 0.0851. The second kappa shape index (κ2) is 4.72. The molecule has 2 aromatic rings. The summed E-state index contributed by atoms with van der Waals surface area (Å²) >= 11 is 6.02. The molecule has 0 aliphatic rings. The standard InChI is InChI=1S/C13H13ClN2O/c1-3-16-12(8-9(2)15-16)13(17)10-6-4-5-7-11(10)14/h4-8H,3H2,1-2H3. The third kappa shape index (κ3) is 2.24. The van der Waals surface area contributed by atoms with Crippen molar-refractivity contribution in [3.63, 3.8) is 0 Å². The van der Waals surface area contributed by atoms with Crippen LogP contribution in [0.4, 0.5) is 0 Å². The quantitative estimate of drug-likeness (QED) is 0.783. The molecule has 4 heteroatoms. The average Bonchev–Trinajstić information content (AvgIpc) is 2.70. The SMILES string of the molecule is CCn1nc(C)cc1C(=O)c1ccccc1Cl. The van der Waals surface area contributed by atoms with E-state index in [-0.39, 0.29) is 5.78 Å². The lowest BCUT2D eigenvalue weighted by Crippen LogP contribution is -2.10. The molecule has 0 aliphatic heterocycles. The highest BCUT2D eigenvalue weighted by molar-refractivity contribution is 6.34. The van der Waals surface area contributed by atoms with Gasteiger partial charge in [0.1, 0.15) is 5.69 Å². The van der Waals surface area contributed by atoms with Crippen molar-refractivity contribution >= 4 is 17.4 Å². The minimum atomic E-state index is -0.0851. The third-order valence-electron chi connectivity index (χ3n) is 2.55. The second-order valence-electron chi connectivity index (χ2n) is 3.80. The molecule has 1 aromatic carbocycles. The number of carbonyl (C=O) groups excluding carboxylic acids is 1. The first-order valence-electron chi connectivity index (χ1n) is 5.47. The summed E-state index contributed by atoms with van der Waals surface area (Å²) in [5.41, 5.74) is 1.93. The van der Waals surface area contributed by atoms with Crippen LogP contribution in [0.1, 0.15) is 28.7 Å². The van der Waals surface area contributed by atoms with Crippen LogP contribution in [0.15, 0.2) is 30.3 Å². The Morgan fingerprint density at radius 3 is 2.76 bits per heavy atom. The van der Waals surface area contributed by atoms with Crippen molar-refractivity contribution in [2.24, 2.45) is 0 Å². The fourth-order valence-corrected chi connectivity index (χ4v) is 1.97. The van der Waals surface area contributed by atoms with Gasteiger partial charge in [0.25, 0.3) is 0 Å². The van der Waals surface area contributed by atoms with Crippen LogP contribution < -0.4 is 0 Å². The van der Waals surface area contributed by atoms with E-state index in [4.69, 9.17) is 11.6 Å². The van der Waals surface area contributed by atoms with Crippen LogP contribution in [0.2, 0.25) is 5.02 Å². The first kappa shape index (κ1) is 11.9. The van der Waals surface area contributed by atoms with Crippen LogP contribution in [-0.2, 0) is 6.54 Å². The second-order valence-corrected chi connectivity index (χ2v) is 4.20. The number of benzene rings is 1. The van der Waals surface area contributed by atoms with Crippen LogP contribution >= 0.6 is 11.6 Å². The van der Waals surface area contributed by atoms with E-state index in [0.29, 0.717) is 22.8 Å². The molecule has 0 spiro atoms. The summed E-state index contributed by atoms with van der Waals surface area (Å²) in [6.45, 7) is 4.49. The van der Waals surface area contributed by atoms with E-state index < -0.39 is 0 Å². The van der Waals surface area contributed by atoms with Gasteiger partial charge in [-0.2, -0.15) is 5.10 Å². The van der Waals surface area contributed by atoms with E-state index >= 15 is 0 Å². The summed E-state index contributed by atoms with van der Waals surface area (Å²) in [5.74, 6) is -0.0851. The van der Waals surface area contributed by atoms with E-state index in [1.165, 1.54) is 0 Å². The predicted octanol–water partition coefficient (Wildman–Crippen LogP) is 3.10. The van der Waals surface area contributed by atoms with E-state index in [1.807, 2.05) is 19.9 Å². The molecule has 0 amide bonds. The Morgan fingerprint density at radius 1 is 1.41 bits per heavy atom. The molecule has 1 aromatic heterocycles. The molecule has 17 heavy (non-hydrogen) atoms. The van der Waals surface area contributed by atoms with E-state index in [0.717, 1.165) is 5.69 Å². The van der Waals surface area contributed by atoms with Crippen LogP contribution in [-0.4, -0.2) is 15.6 Å². The maximum Gasteiger partial charge on any atom is 0.212 e. The molecule has 0 unspecified atom stereocenters. The Kier molecular flexibility index (Phi) is 3.29. The Hall–Kier alpha value is -1.61. The first-order chi connectivity index (χ1) is 8.13. The Bertz CT molecular complexity index is 560. The van der Waals surface area contributed by atoms with Crippen LogP contribution in [0, 0.1) is 6.92 Å². The molecule has 0 saturated heterocycles. The van der Waals surface area contributed by atoms with Gasteiger partial charge in [-0.05, 0) is 32.0 Å². The highest BCUT2D eigenvalue weighted by Crippen LogP contribution is 2.19. The van der Waals surface area contributed by atoms with Gasteiger partial charge < -0.3 is 0 Å². The molecular formula is C13H13ClN2O. The molecule has 3 nitrogen and oxygen atoms in total. The zero-order chi connectivity index (χ0) is 12.4. The number of ketones is 1. The van der Waals surface area contributed by atoms with Gasteiger partial charge in [-0.3, -0.25) is 9.48 Å². The Labute approximate surface area is 105 Å². The van der Waals surface area contributed by atoms with Gasteiger partial charge in [-0.1, -0.05) is 23.7 Å². The highest BCUT2D eigenvalue weighted by atomic mass is 35.5. The highest BCUT2D eigenvalue weighted by Gasteiger charge is 2.17. The fourth-order valence-electron chi connectivity index (χ4n) is 1.75. The molecule has 0 bridgehead atoms. The van der Waals surface area contributed by atoms with Gasteiger partial charge >= 0.3 is 0 Å². The number of halogens is 1. The number of hydrogen-bond acceptors (Lipinski definition) is 2. The number of rotatable bonds is 3. The molecule has 0 aliphatic carbocycles. The molecule has 88 valence electrons. The lowest BCUT2D eigenvalue weighted by Gasteiger charge is -2.05. The molecule has 2 rings (SSSR count). The van der Waals surface area contributed by atoms with Crippen molar-refractivity contribution < 1.29 is 4.79 Å². The van der Waals surface area contributed by atoms with E-state index in [1.54, 1.807) is 28.9 Å². The van der Waals surface area contributed by atoms with E-state index in [9.17, 15) is 4.79 Å². The van der Waals surface area contributed by atoms with Crippen molar-refractivity contribution in [1.29, 1.82) is 0 Å². The topological polar surface area (TPSA) is 34.9 Å². The minimum Gasteiger partial charge on any atom is -0.287 e. The van der Waals surface area contributed by atoms with Gasteiger partial charge in [0.15, 0.2) is 0 Å². The van der Waals surface area contributed by atoms with Gasteiger partial charge in [0.2, 0.25) is 5.78 Å². The van der Waals surface area contributed by atoms with E-state index in [2.05, 4.69) is 5.10 Å². The summed E-state index contributed by atoms with van der Waals surface area (Å²) in [7, 11) is 0. The fraction of sp³-hybridized carbons (Fsp3) is 0.231. The van der Waals surface area contributed by atoms with Crippen molar-refractivity contribution in [1.82, 2.24) is 9.78 Å². The Balaban J connectivity index is 2.47. The van der Waals surface area contributed by atoms with Gasteiger partial charge in [-0.15, -0.1) is 0 Å². The normalized spacial score (nSPS) is 10.5. The maximum atomic E-state index is 12.3. The van der Waals surface area contributed by atoms with Crippen molar-refractivity contribution in [3.05, 3.63) is 52.3 Å². The zero-order valence-corrected chi connectivity index (χ0v) is 10.5. The van der Waals surface area contributed by atoms with Crippen LogP contribution in [0.5, 0.6) is 0 Å². The lowest BCUT2D eigenvalue weighted by molar-refractivity contribution is 0.102. The molecule has 0 N–H and O–H groups in total. The van der Waals surface area contributed by atoms with Crippen molar-refractivity contribution in [2.75, 3.05) is 0 Å². The number of nitrogens with zero attached hydrogens (tertiary/aromatic N) is 2. The zero-order valence-electron chi connectivity index (χ0n) is 9.77. The summed E-state index contributed by atoms with van der Waals surface area (Å²) in [4.78, 5) is 12.3. The predicted molar refractivity (Wildman–Crippen MR) is 67.5 cm³/mol. The third-order valence-corrected chi connectivity index (χ3v) is 2.88. The van der Waals surface area contributed by atoms with Crippen LogP contribution in [0.3, 0.4) is 0 Å². The van der Waals surface area contributed by atoms with Gasteiger partial charge in [0, 0.05) is 12.1 Å². The smallest absolute Gasteiger partial charge is 0.212 e. The summed E-state index contributed by atoms with van der Waals surface area (Å²) in [6.07, 6.45) is 0. The lowest BCUT2D eigenvalue weighted by atomic mass is 10.1. The number of aryl methyl sites for hydroxylation is 2. The monoisotopic (exact) mass is 248 g/mol.